The fourth-order valence-electron chi connectivity index (χ4n) is 3.19. The molecule has 7 nitrogen and oxygen atoms in total. The number of aromatic nitrogens is 4. The van der Waals surface area contributed by atoms with E-state index in [1.54, 1.807) is 6.20 Å². The van der Waals surface area contributed by atoms with E-state index in [1.165, 1.54) is 0 Å². The van der Waals surface area contributed by atoms with Crippen LogP contribution in [0.4, 0.5) is 0 Å². The molecule has 3 aromatic rings. The zero-order valence-electron chi connectivity index (χ0n) is 14.1. The zero-order valence-corrected chi connectivity index (χ0v) is 14.1. The van der Waals surface area contributed by atoms with Crippen LogP contribution in [0.15, 0.2) is 41.2 Å². The van der Waals surface area contributed by atoms with Gasteiger partial charge in [-0.2, -0.15) is 4.98 Å². The lowest BCUT2D eigenvalue weighted by Gasteiger charge is -2.11. The number of aryl methyl sites for hydroxylation is 1. The molecule has 1 saturated heterocycles. The van der Waals surface area contributed by atoms with E-state index < -0.39 is 0 Å². The average molecular weight is 339 g/mol. The van der Waals surface area contributed by atoms with Gasteiger partial charge in [0.1, 0.15) is 11.9 Å². The zero-order chi connectivity index (χ0) is 17.2. The second-order valence-corrected chi connectivity index (χ2v) is 6.33. The molecular weight excluding hydrogens is 318 g/mol. The van der Waals surface area contributed by atoms with Crippen molar-refractivity contribution in [3.8, 4) is 11.4 Å². The molecular formula is C18H21N5O2. The number of nitrogens with two attached hydrogens (primary N) is 1. The topological polar surface area (TPSA) is 92.0 Å². The van der Waals surface area contributed by atoms with Gasteiger partial charge >= 0.3 is 0 Å². The Kier molecular flexibility index (Phi) is 4.33. The highest BCUT2D eigenvalue weighted by Gasteiger charge is 2.33. The van der Waals surface area contributed by atoms with Crippen molar-refractivity contribution < 1.29 is 9.26 Å². The summed E-state index contributed by atoms with van der Waals surface area (Å²) in [7, 11) is 0. The molecule has 130 valence electrons. The molecule has 25 heavy (non-hydrogen) atoms. The van der Waals surface area contributed by atoms with Crippen LogP contribution < -0.4 is 5.73 Å². The molecule has 1 aliphatic heterocycles. The Labute approximate surface area is 145 Å². The predicted molar refractivity (Wildman–Crippen MR) is 91.7 cm³/mol. The van der Waals surface area contributed by atoms with Gasteiger partial charge in [-0.25, -0.2) is 4.98 Å². The molecule has 0 amide bonds. The summed E-state index contributed by atoms with van der Waals surface area (Å²) in [5.74, 6) is 2.31. The van der Waals surface area contributed by atoms with Crippen LogP contribution in [0.1, 0.15) is 29.8 Å². The normalized spacial score (nSPS) is 20.2. The molecule has 0 saturated carbocycles. The summed E-state index contributed by atoms with van der Waals surface area (Å²) in [6.45, 7) is 3.99. The van der Waals surface area contributed by atoms with Crippen LogP contribution in [0.2, 0.25) is 0 Å². The SMILES string of the molecule is Cc1nccn1Cc1cccc(-c2noc([C@H]3OCC[C@H]3CN)n2)c1. The second-order valence-electron chi connectivity index (χ2n) is 6.33. The molecule has 2 N–H and O–H groups in total. The van der Waals surface area contributed by atoms with Gasteiger partial charge in [0, 0.05) is 37.0 Å². The van der Waals surface area contributed by atoms with E-state index >= 15 is 0 Å². The maximum Gasteiger partial charge on any atom is 0.256 e. The first-order chi connectivity index (χ1) is 12.2. The molecule has 7 heteroatoms. The van der Waals surface area contributed by atoms with Crippen molar-refractivity contribution >= 4 is 0 Å². The smallest absolute Gasteiger partial charge is 0.256 e. The molecule has 3 heterocycles. The van der Waals surface area contributed by atoms with E-state index in [0.717, 1.165) is 29.9 Å². The van der Waals surface area contributed by atoms with Gasteiger partial charge in [-0.1, -0.05) is 23.4 Å². The van der Waals surface area contributed by atoms with Crippen molar-refractivity contribution in [2.75, 3.05) is 13.2 Å². The Hall–Kier alpha value is -2.51. The van der Waals surface area contributed by atoms with E-state index in [2.05, 4.69) is 31.8 Å². The molecule has 1 aromatic carbocycles. The van der Waals surface area contributed by atoms with Crippen LogP contribution in [-0.2, 0) is 11.3 Å². The average Bonchev–Trinajstić information content (AvgIpc) is 3.36. The Morgan fingerprint density at radius 2 is 2.28 bits per heavy atom. The Morgan fingerprint density at radius 1 is 1.36 bits per heavy atom. The molecule has 0 spiro atoms. The number of hydrogen-bond donors (Lipinski definition) is 1. The Bertz CT molecular complexity index is 857. The standard InChI is InChI=1S/C18H21N5O2/c1-12-20-6-7-23(12)11-13-3-2-4-14(9-13)17-21-18(25-22-17)16-15(10-19)5-8-24-16/h2-4,6-7,9,15-16H,5,8,10-11,19H2,1H3/t15-,16-/m0/s1. The molecule has 0 unspecified atom stereocenters. The summed E-state index contributed by atoms with van der Waals surface area (Å²) in [5, 5.41) is 4.13. The van der Waals surface area contributed by atoms with Crippen LogP contribution in [0.5, 0.6) is 0 Å². The van der Waals surface area contributed by atoms with Crippen LogP contribution in [0.3, 0.4) is 0 Å². The highest BCUT2D eigenvalue weighted by molar-refractivity contribution is 5.55. The van der Waals surface area contributed by atoms with Gasteiger partial charge in [0.2, 0.25) is 5.82 Å². The number of benzene rings is 1. The Morgan fingerprint density at radius 3 is 3.08 bits per heavy atom. The summed E-state index contributed by atoms with van der Waals surface area (Å²) >= 11 is 0. The number of rotatable bonds is 5. The third-order valence-corrected chi connectivity index (χ3v) is 4.66. The van der Waals surface area contributed by atoms with Crippen LogP contribution in [0.25, 0.3) is 11.4 Å². The summed E-state index contributed by atoms with van der Waals surface area (Å²) in [6.07, 6.45) is 4.51. The number of hydrogen-bond acceptors (Lipinski definition) is 6. The highest BCUT2D eigenvalue weighted by Crippen LogP contribution is 2.33. The summed E-state index contributed by atoms with van der Waals surface area (Å²) in [4.78, 5) is 8.79. The second kappa shape index (κ2) is 6.78. The van der Waals surface area contributed by atoms with Gasteiger partial charge in [0.05, 0.1) is 0 Å². The molecule has 1 aliphatic rings. The fraction of sp³-hybridized carbons (Fsp3) is 0.389. The molecule has 0 aliphatic carbocycles. The molecule has 1 fully saturated rings. The molecule has 4 rings (SSSR count). The maximum atomic E-state index is 5.80. The van der Waals surface area contributed by atoms with Crippen LogP contribution in [0, 0.1) is 12.8 Å². The minimum atomic E-state index is -0.192. The lowest BCUT2D eigenvalue weighted by atomic mass is 10.0. The number of ether oxygens (including phenoxy) is 1. The summed E-state index contributed by atoms with van der Waals surface area (Å²) in [5.41, 5.74) is 7.88. The monoisotopic (exact) mass is 339 g/mol. The largest absolute Gasteiger partial charge is 0.368 e. The van der Waals surface area contributed by atoms with E-state index in [1.807, 2.05) is 25.3 Å². The minimum Gasteiger partial charge on any atom is -0.368 e. The van der Waals surface area contributed by atoms with Crippen molar-refractivity contribution in [1.82, 2.24) is 19.7 Å². The van der Waals surface area contributed by atoms with E-state index in [0.29, 0.717) is 24.9 Å². The first-order valence-corrected chi connectivity index (χ1v) is 8.47. The minimum absolute atomic E-state index is 0.192. The number of nitrogens with zero attached hydrogens (tertiary/aromatic N) is 4. The van der Waals surface area contributed by atoms with E-state index in [-0.39, 0.29) is 12.0 Å². The first kappa shape index (κ1) is 16.0. The third-order valence-electron chi connectivity index (χ3n) is 4.66. The van der Waals surface area contributed by atoms with Crippen molar-refractivity contribution in [2.45, 2.75) is 26.0 Å². The van der Waals surface area contributed by atoms with Gasteiger partial charge in [0.25, 0.3) is 5.89 Å². The van der Waals surface area contributed by atoms with E-state index in [9.17, 15) is 0 Å². The third kappa shape index (κ3) is 3.20. The summed E-state index contributed by atoms with van der Waals surface area (Å²) < 4.78 is 13.3. The predicted octanol–water partition coefficient (Wildman–Crippen LogP) is 2.33. The molecule has 0 radical (unpaired) electrons. The quantitative estimate of drug-likeness (QED) is 0.767. The van der Waals surface area contributed by atoms with Gasteiger partial charge in [-0.3, -0.25) is 0 Å². The lowest BCUT2D eigenvalue weighted by Crippen LogP contribution is -2.18. The fourth-order valence-corrected chi connectivity index (χ4v) is 3.19. The van der Waals surface area contributed by atoms with Gasteiger partial charge in [0.15, 0.2) is 0 Å². The van der Waals surface area contributed by atoms with Crippen LogP contribution in [-0.4, -0.2) is 32.8 Å². The summed E-state index contributed by atoms with van der Waals surface area (Å²) in [6, 6.07) is 8.13. The van der Waals surface area contributed by atoms with Crippen molar-refractivity contribution in [3.05, 3.63) is 53.9 Å². The van der Waals surface area contributed by atoms with Crippen molar-refractivity contribution in [3.63, 3.8) is 0 Å². The first-order valence-electron chi connectivity index (χ1n) is 8.47. The van der Waals surface area contributed by atoms with E-state index in [4.69, 9.17) is 15.0 Å². The van der Waals surface area contributed by atoms with Gasteiger partial charge in [-0.15, -0.1) is 0 Å². The highest BCUT2D eigenvalue weighted by atomic mass is 16.5. The maximum absolute atomic E-state index is 5.80. The van der Waals surface area contributed by atoms with Gasteiger partial charge in [-0.05, 0) is 31.5 Å². The number of imidazole rings is 1. The lowest BCUT2D eigenvalue weighted by molar-refractivity contribution is 0.0642. The molecule has 2 atom stereocenters. The van der Waals surface area contributed by atoms with Crippen LogP contribution >= 0.6 is 0 Å². The Balaban J connectivity index is 1.56. The van der Waals surface area contributed by atoms with Crippen molar-refractivity contribution in [1.29, 1.82) is 0 Å². The molecule has 2 aromatic heterocycles. The van der Waals surface area contributed by atoms with Crippen molar-refractivity contribution in [2.24, 2.45) is 11.7 Å². The van der Waals surface area contributed by atoms with Gasteiger partial charge < -0.3 is 19.6 Å². The molecule has 0 bridgehead atoms.